The summed E-state index contributed by atoms with van der Waals surface area (Å²) in [6, 6.07) is 0. The van der Waals surface area contributed by atoms with E-state index in [0.717, 1.165) is 4.31 Å². The summed E-state index contributed by atoms with van der Waals surface area (Å²) >= 11 is 0. The molecule has 18 heavy (non-hydrogen) atoms. The first-order valence-electron chi connectivity index (χ1n) is 5.58. The van der Waals surface area contributed by atoms with Crippen LogP contribution in [0.25, 0.3) is 0 Å². The van der Waals surface area contributed by atoms with Crippen LogP contribution in [0.3, 0.4) is 0 Å². The van der Waals surface area contributed by atoms with Gasteiger partial charge in [0.25, 0.3) is 10.2 Å². The quantitative estimate of drug-likeness (QED) is 0.790. The number of alkyl halides is 3. The first kappa shape index (κ1) is 15.7. The average Bonchev–Trinajstić information content (AvgIpc) is 2.26. The fourth-order valence-corrected chi connectivity index (χ4v) is 2.93. The monoisotopic (exact) mass is 289 g/mol. The Morgan fingerprint density at radius 1 is 1.28 bits per heavy atom. The molecular weight excluding hydrogens is 271 g/mol. The van der Waals surface area contributed by atoms with Crippen LogP contribution >= 0.6 is 0 Å². The number of rotatable bonds is 4. The van der Waals surface area contributed by atoms with Gasteiger partial charge in [0.15, 0.2) is 0 Å². The van der Waals surface area contributed by atoms with Gasteiger partial charge in [-0.3, -0.25) is 0 Å². The van der Waals surface area contributed by atoms with Gasteiger partial charge in [-0.25, -0.2) is 0 Å². The smallest absolute Gasteiger partial charge is 0.314 e. The largest absolute Gasteiger partial charge is 0.402 e. The van der Waals surface area contributed by atoms with Crippen molar-refractivity contribution in [2.45, 2.75) is 31.5 Å². The fraction of sp³-hybridized carbons (Fsp3) is 1.00. The lowest BCUT2D eigenvalue weighted by Gasteiger charge is -2.38. The van der Waals surface area contributed by atoms with E-state index in [9.17, 15) is 21.6 Å². The van der Waals surface area contributed by atoms with Crippen molar-refractivity contribution in [3.63, 3.8) is 0 Å². The Bertz CT molecular complexity index is 375. The highest BCUT2D eigenvalue weighted by molar-refractivity contribution is 7.87. The molecular formula is C9H18F3N3O2S. The summed E-state index contributed by atoms with van der Waals surface area (Å²) in [5, 5.41) is 3.09. The van der Waals surface area contributed by atoms with Crippen LogP contribution in [0, 0.1) is 0 Å². The van der Waals surface area contributed by atoms with Crippen molar-refractivity contribution in [1.82, 2.24) is 14.3 Å². The van der Waals surface area contributed by atoms with Crippen LogP contribution in [0.4, 0.5) is 13.2 Å². The molecule has 0 spiro atoms. The second kappa shape index (κ2) is 5.32. The molecule has 0 radical (unpaired) electrons. The van der Waals surface area contributed by atoms with Crippen molar-refractivity contribution in [2.75, 3.05) is 26.7 Å². The predicted molar refractivity (Wildman–Crippen MR) is 61.2 cm³/mol. The van der Waals surface area contributed by atoms with Gasteiger partial charge in [-0.1, -0.05) is 0 Å². The molecule has 9 heteroatoms. The van der Waals surface area contributed by atoms with Crippen molar-refractivity contribution in [3.05, 3.63) is 0 Å². The zero-order valence-electron chi connectivity index (χ0n) is 10.3. The van der Waals surface area contributed by atoms with E-state index in [-0.39, 0.29) is 18.6 Å². The van der Waals surface area contributed by atoms with Crippen molar-refractivity contribution >= 4 is 10.2 Å². The molecule has 0 aromatic carbocycles. The summed E-state index contributed by atoms with van der Waals surface area (Å²) in [7, 11) is -2.26. The van der Waals surface area contributed by atoms with Gasteiger partial charge < -0.3 is 5.32 Å². The molecule has 5 nitrogen and oxygen atoms in total. The molecule has 0 aliphatic carbocycles. The lowest BCUT2D eigenvalue weighted by atomic mass is 9.91. The van der Waals surface area contributed by atoms with Gasteiger partial charge in [-0.2, -0.15) is 30.6 Å². The Morgan fingerprint density at radius 2 is 1.78 bits per heavy atom. The van der Waals surface area contributed by atoms with Crippen LogP contribution in [0.15, 0.2) is 0 Å². The van der Waals surface area contributed by atoms with Crippen molar-refractivity contribution in [1.29, 1.82) is 0 Å². The first-order chi connectivity index (χ1) is 8.08. The third kappa shape index (κ3) is 4.38. The summed E-state index contributed by atoms with van der Waals surface area (Å²) in [4.78, 5) is 0. The van der Waals surface area contributed by atoms with Crippen LogP contribution in [-0.2, 0) is 10.2 Å². The lowest BCUT2D eigenvalue weighted by Crippen LogP contribution is -2.54. The van der Waals surface area contributed by atoms with Crippen molar-refractivity contribution in [3.8, 4) is 0 Å². The summed E-state index contributed by atoms with van der Waals surface area (Å²) in [6.07, 6.45) is -3.41. The average molecular weight is 289 g/mol. The van der Waals surface area contributed by atoms with Crippen molar-refractivity contribution in [2.24, 2.45) is 0 Å². The molecule has 0 bridgehead atoms. The maximum absolute atomic E-state index is 12.0. The van der Waals surface area contributed by atoms with Gasteiger partial charge in [0.2, 0.25) is 0 Å². The topological polar surface area (TPSA) is 61.4 Å². The number of nitrogens with zero attached hydrogens (tertiary/aromatic N) is 1. The summed E-state index contributed by atoms with van der Waals surface area (Å²) in [5.41, 5.74) is -0.157. The normalized spacial score (nSPS) is 22.1. The molecule has 0 aromatic rings. The molecule has 0 atom stereocenters. The van der Waals surface area contributed by atoms with Crippen LogP contribution in [-0.4, -0.2) is 51.1 Å². The molecule has 1 aliphatic heterocycles. The number of halogens is 3. The van der Waals surface area contributed by atoms with E-state index < -0.39 is 22.9 Å². The van der Waals surface area contributed by atoms with Crippen LogP contribution < -0.4 is 10.0 Å². The van der Waals surface area contributed by atoms with Gasteiger partial charge in [-0.15, -0.1) is 0 Å². The predicted octanol–water partition coefficient (Wildman–Crippen LogP) is 0.457. The minimum absolute atomic E-state index is 0.157. The highest BCUT2D eigenvalue weighted by Crippen LogP contribution is 2.23. The number of hydrogen-bond acceptors (Lipinski definition) is 3. The van der Waals surface area contributed by atoms with Gasteiger partial charge in [0, 0.05) is 18.6 Å². The molecule has 0 aromatic heterocycles. The highest BCUT2D eigenvalue weighted by Gasteiger charge is 2.36. The Labute approximate surface area is 105 Å². The van der Waals surface area contributed by atoms with Crippen LogP contribution in [0.5, 0.6) is 0 Å². The number of hydrogen-bond donors (Lipinski definition) is 2. The summed E-state index contributed by atoms with van der Waals surface area (Å²) in [5.74, 6) is 0. The molecule has 108 valence electrons. The minimum Gasteiger partial charge on any atom is -0.314 e. The molecule has 0 saturated carbocycles. The Hall–Kier alpha value is -0.380. The molecule has 0 amide bonds. The third-order valence-corrected chi connectivity index (χ3v) is 4.78. The maximum Gasteiger partial charge on any atom is 0.402 e. The van der Waals surface area contributed by atoms with Crippen LogP contribution in [0.1, 0.15) is 19.8 Å². The van der Waals surface area contributed by atoms with E-state index in [4.69, 9.17) is 0 Å². The van der Waals surface area contributed by atoms with Gasteiger partial charge in [0.05, 0.1) is 0 Å². The van der Waals surface area contributed by atoms with E-state index in [0.29, 0.717) is 12.8 Å². The van der Waals surface area contributed by atoms with E-state index in [2.05, 4.69) is 5.32 Å². The molecule has 1 saturated heterocycles. The molecule has 1 heterocycles. The van der Waals surface area contributed by atoms with Gasteiger partial charge in [0.1, 0.15) is 6.54 Å². The first-order valence-corrected chi connectivity index (χ1v) is 7.02. The molecule has 1 rings (SSSR count). The van der Waals surface area contributed by atoms with E-state index in [1.165, 1.54) is 0 Å². The zero-order valence-corrected chi connectivity index (χ0v) is 11.2. The second-order valence-electron chi connectivity index (χ2n) is 4.65. The van der Waals surface area contributed by atoms with E-state index in [1.54, 1.807) is 11.8 Å². The summed E-state index contributed by atoms with van der Waals surface area (Å²) in [6.45, 7) is 0.851. The Balaban J connectivity index is 2.56. The molecule has 2 N–H and O–H groups in total. The number of piperidine rings is 1. The third-order valence-electron chi connectivity index (χ3n) is 3.22. The molecule has 1 aliphatic rings. The second-order valence-corrected chi connectivity index (χ2v) is 6.41. The van der Waals surface area contributed by atoms with E-state index in [1.807, 2.05) is 6.92 Å². The van der Waals surface area contributed by atoms with Gasteiger partial charge >= 0.3 is 6.18 Å². The fourth-order valence-electron chi connectivity index (χ4n) is 1.73. The van der Waals surface area contributed by atoms with Crippen LogP contribution in [0.2, 0.25) is 0 Å². The van der Waals surface area contributed by atoms with Crippen molar-refractivity contribution < 1.29 is 21.6 Å². The molecule has 0 unspecified atom stereocenters. The highest BCUT2D eigenvalue weighted by atomic mass is 32.2. The SMILES string of the molecule is CNC1(C)CCN(S(=O)(=O)NCC(F)(F)F)CC1. The Morgan fingerprint density at radius 3 is 2.17 bits per heavy atom. The Kier molecular flexibility index (Phi) is 4.63. The van der Waals surface area contributed by atoms with E-state index >= 15 is 0 Å². The number of nitrogens with one attached hydrogen (secondary N) is 2. The molecule has 1 fully saturated rings. The maximum atomic E-state index is 12.0. The lowest BCUT2D eigenvalue weighted by molar-refractivity contribution is -0.121. The van der Waals surface area contributed by atoms with Gasteiger partial charge in [-0.05, 0) is 26.8 Å². The standard InChI is InChI=1S/C9H18F3N3O2S/c1-8(13-2)3-5-15(6-4-8)18(16,17)14-7-9(10,11)12/h13-14H,3-7H2,1-2H3. The minimum atomic E-state index is -4.54. The summed E-state index contributed by atoms with van der Waals surface area (Å²) < 4.78 is 61.8. The zero-order chi connectivity index (χ0) is 14.0.